The molecule has 2 nitrogen and oxygen atoms in total. The second kappa shape index (κ2) is 7.49. The van der Waals surface area contributed by atoms with Crippen LogP contribution in [0, 0.1) is 5.92 Å². The number of hydrogen-bond acceptors (Lipinski definition) is 2. The average molecular weight is 252 g/mol. The lowest BCUT2D eigenvalue weighted by Crippen LogP contribution is -2.48. The summed E-state index contributed by atoms with van der Waals surface area (Å²) >= 11 is 0. The standard InChI is InChI=1S/C16H32N2/c1-3-15-10-7-8-12-18(15)13-14-9-5-6-11-16(14)17-4-2/h14-17H,3-13H2,1-2H3. The molecule has 2 heteroatoms. The number of likely N-dealkylation sites (tertiary alicyclic amines) is 1. The molecular weight excluding hydrogens is 220 g/mol. The largest absolute Gasteiger partial charge is 0.314 e. The van der Waals surface area contributed by atoms with Gasteiger partial charge in [0.1, 0.15) is 0 Å². The van der Waals surface area contributed by atoms with E-state index < -0.39 is 0 Å². The van der Waals surface area contributed by atoms with E-state index in [9.17, 15) is 0 Å². The van der Waals surface area contributed by atoms with Crippen LogP contribution in [0.4, 0.5) is 0 Å². The van der Waals surface area contributed by atoms with Gasteiger partial charge < -0.3 is 10.2 Å². The number of rotatable bonds is 5. The molecule has 0 amide bonds. The minimum Gasteiger partial charge on any atom is -0.314 e. The quantitative estimate of drug-likeness (QED) is 0.806. The Labute approximate surface area is 114 Å². The molecular formula is C16H32N2. The maximum absolute atomic E-state index is 3.73. The van der Waals surface area contributed by atoms with Crippen molar-refractivity contribution in [3.63, 3.8) is 0 Å². The molecule has 0 spiro atoms. The Hall–Kier alpha value is -0.0800. The minimum absolute atomic E-state index is 0.795. The lowest BCUT2D eigenvalue weighted by Gasteiger charge is -2.41. The molecule has 1 saturated heterocycles. The van der Waals surface area contributed by atoms with Crippen molar-refractivity contribution in [1.29, 1.82) is 0 Å². The molecule has 0 aromatic rings. The highest BCUT2D eigenvalue weighted by molar-refractivity contribution is 4.86. The fourth-order valence-electron chi connectivity index (χ4n) is 4.02. The molecule has 1 heterocycles. The predicted molar refractivity (Wildman–Crippen MR) is 78.9 cm³/mol. The number of nitrogens with zero attached hydrogens (tertiary/aromatic N) is 1. The first-order valence-electron chi connectivity index (χ1n) is 8.32. The van der Waals surface area contributed by atoms with Crippen LogP contribution < -0.4 is 5.32 Å². The molecule has 1 aliphatic carbocycles. The molecule has 2 aliphatic rings. The van der Waals surface area contributed by atoms with E-state index in [0.717, 1.165) is 24.5 Å². The SMILES string of the molecule is CCNC1CCCCC1CN1CCCCC1CC. The van der Waals surface area contributed by atoms with Gasteiger partial charge in [-0.3, -0.25) is 0 Å². The highest BCUT2D eigenvalue weighted by Crippen LogP contribution is 2.28. The molecule has 0 bridgehead atoms. The van der Waals surface area contributed by atoms with E-state index in [1.807, 2.05) is 0 Å². The third-order valence-electron chi connectivity index (χ3n) is 5.06. The van der Waals surface area contributed by atoms with Gasteiger partial charge in [-0.25, -0.2) is 0 Å². The van der Waals surface area contributed by atoms with Gasteiger partial charge in [0.15, 0.2) is 0 Å². The summed E-state index contributed by atoms with van der Waals surface area (Å²) in [4.78, 5) is 2.81. The summed E-state index contributed by atoms with van der Waals surface area (Å²) in [6, 6.07) is 1.67. The molecule has 0 radical (unpaired) electrons. The Morgan fingerprint density at radius 3 is 2.56 bits per heavy atom. The summed E-state index contributed by atoms with van der Waals surface area (Å²) in [5.74, 6) is 0.908. The van der Waals surface area contributed by atoms with E-state index in [2.05, 4.69) is 24.1 Å². The molecule has 0 aromatic heterocycles. The van der Waals surface area contributed by atoms with Crippen molar-refractivity contribution >= 4 is 0 Å². The lowest BCUT2D eigenvalue weighted by molar-refractivity contribution is 0.0969. The molecule has 1 saturated carbocycles. The van der Waals surface area contributed by atoms with Crippen LogP contribution in [0.1, 0.15) is 65.2 Å². The van der Waals surface area contributed by atoms with Crippen LogP contribution in [0.25, 0.3) is 0 Å². The summed E-state index contributed by atoms with van der Waals surface area (Å²) in [5.41, 5.74) is 0. The first-order valence-corrected chi connectivity index (χ1v) is 8.32. The van der Waals surface area contributed by atoms with E-state index in [4.69, 9.17) is 0 Å². The zero-order chi connectivity index (χ0) is 12.8. The summed E-state index contributed by atoms with van der Waals surface area (Å²) in [6.45, 7) is 8.47. The normalized spacial score (nSPS) is 34.7. The zero-order valence-electron chi connectivity index (χ0n) is 12.5. The van der Waals surface area contributed by atoms with Gasteiger partial charge in [0.25, 0.3) is 0 Å². The molecule has 2 fully saturated rings. The van der Waals surface area contributed by atoms with E-state index >= 15 is 0 Å². The van der Waals surface area contributed by atoms with E-state index in [1.54, 1.807) is 0 Å². The molecule has 18 heavy (non-hydrogen) atoms. The molecule has 0 aromatic carbocycles. The Kier molecular flexibility index (Phi) is 5.97. The van der Waals surface area contributed by atoms with Gasteiger partial charge >= 0.3 is 0 Å². The van der Waals surface area contributed by atoms with Crippen LogP contribution in [-0.4, -0.2) is 36.6 Å². The Bertz CT molecular complexity index is 227. The summed E-state index contributed by atoms with van der Waals surface area (Å²) < 4.78 is 0. The fourth-order valence-corrected chi connectivity index (χ4v) is 4.02. The maximum Gasteiger partial charge on any atom is 0.0107 e. The summed E-state index contributed by atoms with van der Waals surface area (Å²) in [5, 5.41) is 3.73. The molecule has 3 atom stereocenters. The minimum atomic E-state index is 0.795. The van der Waals surface area contributed by atoms with Gasteiger partial charge in [0.2, 0.25) is 0 Å². The smallest absolute Gasteiger partial charge is 0.0107 e. The first kappa shape index (κ1) is 14.3. The maximum atomic E-state index is 3.73. The van der Waals surface area contributed by atoms with Crippen molar-refractivity contribution in [2.24, 2.45) is 5.92 Å². The summed E-state index contributed by atoms with van der Waals surface area (Å²) in [6.07, 6.45) is 11.4. The van der Waals surface area contributed by atoms with Crippen molar-refractivity contribution < 1.29 is 0 Å². The molecule has 2 rings (SSSR count). The predicted octanol–water partition coefficient (Wildman–Crippen LogP) is 3.42. The van der Waals surface area contributed by atoms with Gasteiger partial charge in [0, 0.05) is 18.6 Å². The monoisotopic (exact) mass is 252 g/mol. The molecule has 3 unspecified atom stereocenters. The molecule has 1 aliphatic heterocycles. The van der Waals surface area contributed by atoms with Gasteiger partial charge in [-0.15, -0.1) is 0 Å². The van der Waals surface area contributed by atoms with Crippen LogP contribution in [0.15, 0.2) is 0 Å². The Morgan fingerprint density at radius 1 is 1.00 bits per heavy atom. The van der Waals surface area contributed by atoms with Crippen LogP contribution >= 0.6 is 0 Å². The van der Waals surface area contributed by atoms with Crippen molar-refractivity contribution in [3.8, 4) is 0 Å². The van der Waals surface area contributed by atoms with E-state index in [0.29, 0.717) is 0 Å². The highest BCUT2D eigenvalue weighted by Gasteiger charge is 2.29. The van der Waals surface area contributed by atoms with Crippen molar-refractivity contribution in [3.05, 3.63) is 0 Å². The second-order valence-electron chi connectivity index (χ2n) is 6.26. The van der Waals surface area contributed by atoms with Gasteiger partial charge in [-0.2, -0.15) is 0 Å². The van der Waals surface area contributed by atoms with Gasteiger partial charge in [0.05, 0.1) is 0 Å². The number of nitrogens with one attached hydrogen (secondary N) is 1. The third kappa shape index (κ3) is 3.71. The zero-order valence-corrected chi connectivity index (χ0v) is 12.5. The summed E-state index contributed by atoms with van der Waals surface area (Å²) in [7, 11) is 0. The van der Waals surface area contributed by atoms with Crippen molar-refractivity contribution in [2.75, 3.05) is 19.6 Å². The number of piperidine rings is 1. The molecule has 1 N–H and O–H groups in total. The Morgan fingerprint density at radius 2 is 1.78 bits per heavy atom. The van der Waals surface area contributed by atoms with E-state index in [1.165, 1.54) is 64.5 Å². The Balaban J connectivity index is 1.88. The van der Waals surface area contributed by atoms with Crippen molar-refractivity contribution in [1.82, 2.24) is 10.2 Å². The highest BCUT2D eigenvalue weighted by atomic mass is 15.2. The third-order valence-corrected chi connectivity index (χ3v) is 5.06. The average Bonchev–Trinajstić information content (AvgIpc) is 2.42. The van der Waals surface area contributed by atoms with Crippen LogP contribution in [0.5, 0.6) is 0 Å². The van der Waals surface area contributed by atoms with Crippen LogP contribution in [-0.2, 0) is 0 Å². The van der Waals surface area contributed by atoms with Crippen LogP contribution in [0.2, 0.25) is 0 Å². The first-order chi connectivity index (χ1) is 8.85. The topological polar surface area (TPSA) is 15.3 Å². The van der Waals surface area contributed by atoms with Crippen LogP contribution in [0.3, 0.4) is 0 Å². The number of hydrogen-bond donors (Lipinski definition) is 1. The van der Waals surface area contributed by atoms with Crippen molar-refractivity contribution in [2.45, 2.75) is 77.3 Å². The lowest BCUT2D eigenvalue weighted by atomic mass is 9.83. The van der Waals surface area contributed by atoms with Gasteiger partial charge in [-0.1, -0.05) is 33.1 Å². The molecule has 106 valence electrons. The second-order valence-corrected chi connectivity index (χ2v) is 6.26. The van der Waals surface area contributed by atoms with E-state index in [-0.39, 0.29) is 0 Å². The van der Waals surface area contributed by atoms with Gasteiger partial charge in [-0.05, 0) is 51.1 Å². The fraction of sp³-hybridized carbons (Fsp3) is 1.00.